The van der Waals surface area contributed by atoms with E-state index in [1.807, 2.05) is 19.1 Å². The number of aryl methyl sites for hydroxylation is 2. The molecule has 0 bridgehead atoms. The molecule has 0 heterocycles. The third kappa shape index (κ3) is 5.25. The van der Waals surface area contributed by atoms with Crippen molar-refractivity contribution >= 4 is 27.3 Å². The summed E-state index contributed by atoms with van der Waals surface area (Å²) in [5, 5.41) is 0.586. The van der Waals surface area contributed by atoms with Gasteiger partial charge in [-0.15, -0.1) is 0 Å². The zero-order chi connectivity index (χ0) is 17.6. The summed E-state index contributed by atoms with van der Waals surface area (Å²) < 4.78 is 27.6. The predicted octanol–water partition coefficient (Wildman–Crippen LogP) is 5.57. The standard InChI is InChI=1S/C19H24ClNO2S/c1-3-4-5-6-7-16-8-11-18(12-9-16)24(22,23)21-19-13-10-17(20)14-15(19)2/h8-14,21H,3-7H2,1-2H3. The van der Waals surface area contributed by atoms with Gasteiger partial charge in [0.05, 0.1) is 10.6 Å². The minimum Gasteiger partial charge on any atom is -0.279 e. The second-order valence-corrected chi connectivity index (χ2v) is 8.14. The van der Waals surface area contributed by atoms with Crippen LogP contribution in [0, 0.1) is 6.92 Å². The van der Waals surface area contributed by atoms with E-state index in [9.17, 15) is 8.42 Å². The Morgan fingerprint density at radius 3 is 2.33 bits per heavy atom. The number of nitrogens with one attached hydrogen (secondary N) is 1. The third-order valence-corrected chi connectivity index (χ3v) is 5.60. The topological polar surface area (TPSA) is 46.2 Å². The Balaban J connectivity index is 2.06. The van der Waals surface area contributed by atoms with Crippen LogP contribution < -0.4 is 4.72 Å². The van der Waals surface area contributed by atoms with Gasteiger partial charge >= 0.3 is 0 Å². The fourth-order valence-electron chi connectivity index (χ4n) is 2.54. The van der Waals surface area contributed by atoms with E-state index in [0.717, 1.165) is 18.4 Å². The summed E-state index contributed by atoms with van der Waals surface area (Å²) in [5.41, 5.74) is 2.51. The fourth-order valence-corrected chi connectivity index (χ4v) is 3.89. The van der Waals surface area contributed by atoms with Gasteiger partial charge in [0.25, 0.3) is 10.0 Å². The molecular formula is C19H24ClNO2S. The van der Waals surface area contributed by atoms with Crippen molar-refractivity contribution < 1.29 is 8.42 Å². The molecule has 0 fully saturated rings. The maximum absolute atomic E-state index is 12.5. The molecule has 0 spiro atoms. The van der Waals surface area contributed by atoms with Gasteiger partial charge in [0.2, 0.25) is 0 Å². The van der Waals surface area contributed by atoms with E-state index < -0.39 is 10.0 Å². The normalized spacial score (nSPS) is 11.5. The Morgan fingerprint density at radius 1 is 1.00 bits per heavy atom. The van der Waals surface area contributed by atoms with Crippen molar-refractivity contribution in [2.75, 3.05) is 4.72 Å². The number of hydrogen-bond acceptors (Lipinski definition) is 2. The van der Waals surface area contributed by atoms with Gasteiger partial charge in [0, 0.05) is 5.02 Å². The van der Waals surface area contributed by atoms with Gasteiger partial charge < -0.3 is 0 Å². The number of rotatable bonds is 8. The average Bonchev–Trinajstić information content (AvgIpc) is 2.55. The maximum Gasteiger partial charge on any atom is 0.261 e. The van der Waals surface area contributed by atoms with Crippen LogP contribution >= 0.6 is 11.6 Å². The van der Waals surface area contributed by atoms with Crippen LogP contribution in [0.2, 0.25) is 5.02 Å². The van der Waals surface area contributed by atoms with Crippen LogP contribution in [0.5, 0.6) is 0 Å². The molecule has 1 N–H and O–H groups in total. The van der Waals surface area contributed by atoms with Crippen molar-refractivity contribution in [3.8, 4) is 0 Å². The molecule has 2 aromatic carbocycles. The van der Waals surface area contributed by atoms with Gasteiger partial charge in [-0.2, -0.15) is 0 Å². The summed E-state index contributed by atoms with van der Waals surface area (Å²) in [6.45, 7) is 4.01. The van der Waals surface area contributed by atoms with Gasteiger partial charge in [-0.25, -0.2) is 8.42 Å². The summed E-state index contributed by atoms with van der Waals surface area (Å²) >= 11 is 5.91. The van der Waals surface area contributed by atoms with Crippen LogP contribution in [0.1, 0.15) is 43.7 Å². The molecule has 3 nitrogen and oxygen atoms in total. The Morgan fingerprint density at radius 2 is 1.71 bits per heavy atom. The highest BCUT2D eigenvalue weighted by atomic mass is 35.5. The monoisotopic (exact) mass is 365 g/mol. The Bertz CT molecular complexity index is 770. The van der Waals surface area contributed by atoms with Crippen LogP contribution in [-0.4, -0.2) is 8.42 Å². The van der Waals surface area contributed by atoms with Gasteiger partial charge in [-0.3, -0.25) is 4.72 Å². The first-order chi connectivity index (χ1) is 11.4. The first-order valence-electron chi connectivity index (χ1n) is 8.30. The molecule has 130 valence electrons. The van der Waals surface area contributed by atoms with Crippen molar-refractivity contribution in [2.24, 2.45) is 0 Å². The molecule has 0 saturated carbocycles. The molecule has 0 radical (unpaired) electrons. The second kappa shape index (κ2) is 8.54. The summed E-state index contributed by atoms with van der Waals surface area (Å²) in [7, 11) is -3.59. The zero-order valence-electron chi connectivity index (χ0n) is 14.2. The minimum atomic E-state index is -3.59. The lowest BCUT2D eigenvalue weighted by Gasteiger charge is -2.11. The summed E-state index contributed by atoms with van der Waals surface area (Å²) in [6.07, 6.45) is 5.81. The number of sulfonamides is 1. The molecule has 0 atom stereocenters. The van der Waals surface area contributed by atoms with E-state index in [1.54, 1.807) is 30.3 Å². The molecule has 2 aromatic rings. The molecule has 2 rings (SSSR count). The van der Waals surface area contributed by atoms with Gasteiger partial charge in [0.15, 0.2) is 0 Å². The van der Waals surface area contributed by atoms with E-state index in [2.05, 4.69) is 11.6 Å². The van der Waals surface area contributed by atoms with Crippen molar-refractivity contribution in [2.45, 2.75) is 50.8 Å². The largest absolute Gasteiger partial charge is 0.279 e. The highest BCUT2D eigenvalue weighted by Gasteiger charge is 2.15. The number of anilines is 1. The van der Waals surface area contributed by atoms with E-state index in [0.29, 0.717) is 10.7 Å². The van der Waals surface area contributed by atoms with Crippen molar-refractivity contribution in [3.63, 3.8) is 0 Å². The lowest BCUT2D eigenvalue weighted by molar-refractivity contribution is 0.601. The molecule has 24 heavy (non-hydrogen) atoms. The highest BCUT2D eigenvalue weighted by Crippen LogP contribution is 2.23. The van der Waals surface area contributed by atoms with Gasteiger partial charge in [-0.1, -0.05) is 49.9 Å². The van der Waals surface area contributed by atoms with E-state index >= 15 is 0 Å². The quantitative estimate of drug-likeness (QED) is 0.621. The summed E-state index contributed by atoms with van der Waals surface area (Å²) in [6, 6.07) is 12.2. The molecular weight excluding hydrogens is 342 g/mol. The molecule has 0 aliphatic heterocycles. The summed E-state index contributed by atoms with van der Waals surface area (Å²) in [4.78, 5) is 0.272. The molecule has 5 heteroatoms. The molecule has 0 amide bonds. The number of hydrogen-bond donors (Lipinski definition) is 1. The second-order valence-electron chi connectivity index (χ2n) is 6.02. The third-order valence-electron chi connectivity index (χ3n) is 3.99. The summed E-state index contributed by atoms with van der Waals surface area (Å²) in [5.74, 6) is 0. The first-order valence-corrected chi connectivity index (χ1v) is 10.2. The Labute approximate surface area is 150 Å². The molecule has 0 saturated heterocycles. The number of benzene rings is 2. The van der Waals surface area contributed by atoms with Crippen LogP contribution in [0.15, 0.2) is 47.4 Å². The van der Waals surface area contributed by atoms with Crippen LogP contribution in [-0.2, 0) is 16.4 Å². The van der Waals surface area contributed by atoms with E-state index in [-0.39, 0.29) is 4.90 Å². The smallest absolute Gasteiger partial charge is 0.261 e. The van der Waals surface area contributed by atoms with Crippen molar-refractivity contribution in [3.05, 3.63) is 58.6 Å². The first kappa shape index (κ1) is 18.8. The van der Waals surface area contributed by atoms with Gasteiger partial charge in [0.1, 0.15) is 0 Å². The Kier molecular flexibility index (Phi) is 6.69. The minimum absolute atomic E-state index is 0.272. The fraction of sp³-hybridized carbons (Fsp3) is 0.368. The van der Waals surface area contributed by atoms with Crippen LogP contribution in [0.4, 0.5) is 5.69 Å². The number of unbranched alkanes of at least 4 members (excludes halogenated alkanes) is 3. The average molecular weight is 366 g/mol. The van der Waals surface area contributed by atoms with Crippen LogP contribution in [0.25, 0.3) is 0 Å². The van der Waals surface area contributed by atoms with Crippen molar-refractivity contribution in [1.29, 1.82) is 0 Å². The lowest BCUT2D eigenvalue weighted by Crippen LogP contribution is -2.13. The predicted molar refractivity (Wildman–Crippen MR) is 101 cm³/mol. The van der Waals surface area contributed by atoms with E-state index in [4.69, 9.17) is 11.6 Å². The zero-order valence-corrected chi connectivity index (χ0v) is 15.8. The molecule has 0 aromatic heterocycles. The SMILES string of the molecule is CCCCCCc1ccc(S(=O)(=O)Nc2ccc(Cl)cc2C)cc1. The van der Waals surface area contributed by atoms with Crippen LogP contribution in [0.3, 0.4) is 0 Å². The Hall–Kier alpha value is -1.52. The molecule has 0 unspecified atom stereocenters. The number of halogens is 1. The highest BCUT2D eigenvalue weighted by molar-refractivity contribution is 7.92. The molecule has 0 aliphatic carbocycles. The lowest BCUT2D eigenvalue weighted by atomic mass is 10.1. The van der Waals surface area contributed by atoms with Crippen molar-refractivity contribution in [1.82, 2.24) is 0 Å². The van der Waals surface area contributed by atoms with Gasteiger partial charge in [-0.05, 0) is 61.2 Å². The van der Waals surface area contributed by atoms with E-state index in [1.165, 1.54) is 24.8 Å². The molecule has 0 aliphatic rings. The maximum atomic E-state index is 12.5.